The van der Waals surface area contributed by atoms with E-state index in [9.17, 15) is 0 Å². The highest BCUT2D eigenvalue weighted by Gasteiger charge is 2.17. The van der Waals surface area contributed by atoms with Crippen LogP contribution in [-0.2, 0) is 0 Å². The molecule has 3 aliphatic rings. The van der Waals surface area contributed by atoms with Crippen molar-refractivity contribution in [3.8, 4) is 5.75 Å². The van der Waals surface area contributed by atoms with Gasteiger partial charge in [-0.3, -0.25) is 0 Å². The van der Waals surface area contributed by atoms with Gasteiger partial charge in [-0.25, -0.2) is 0 Å². The number of hydrogen-bond acceptors (Lipinski definition) is 2. The van der Waals surface area contributed by atoms with Crippen molar-refractivity contribution in [1.29, 1.82) is 0 Å². The molecule has 0 fully saturated rings. The van der Waals surface area contributed by atoms with Gasteiger partial charge in [0.15, 0.2) is 0 Å². The summed E-state index contributed by atoms with van der Waals surface area (Å²) in [5.41, 5.74) is 6.92. The summed E-state index contributed by atoms with van der Waals surface area (Å²) in [7, 11) is 0. The van der Waals surface area contributed by atoms with Crippen LogP contribution in [0.1, 0.15) is 31.2 Å². The molecule has 0 amide bonds. The van der Waals surface area contributed by atoms with E-state index in [1.54, 1.807) is 0 Å². The largest absolute Gasteiger partial charge is 0.462 e. The second-order valence-corrected chi connectivity index (χ2v) is 10.1. The highest BCUT2D eigenvalue weighted by atomic mass is 16.5. The third-order valence-electron chi connectivity index (χ3n) is 7.70. The lowest BCUT2D eigenvalue weighted by molar-refractivity contribution is 0.403. The zero-order valence-corrected chi connectivity index (χ0v) is 21.9. The van der Waals surface area contributed by atoms with E-state index in [0.29, 0.717) is 0 Å². The Labute approximate surface area is 229 Å². The Hall–Kier alpha value is -4.76. The predicted octanol–water partition coefficient (Wildman–Crippen LogP) is 7.83. The molecular weight excluding hydrogens is 476 g/mol. The highest BCUT2D eigenvalue weighted by Crippen LogP contribution is 2.35. The molecule has 0 saturated carbocycles. The molecule has 3 nitrogen and oxygen atoms in total. The van der Waals surface area contributed by atoms with Crippen LogP contribution in [0.3, 0.4) is 0 Å². The van der Waals surface area contributed by atoms with Crippen molar-refractivity contribution in [3.05, 3.63) is 138 Å². The van der Waals surface area contributed by atoms with E-state index < -0.39 is 0 Å². The van der Waals surface area contributed by atoms with Crippen LogP contribution < -0.4 is 20.2 Å². The number of nitrogens with zero attached hydrogens (tertiary/aromatic N) is 2. The third kappa shape index (κ3) is 4.26. The number of benzene rings is 3. The number of para-hydroxylation sites is 2. The summed E-state index contributed by atoms with van der Waals surface area (Å²) >= 11 is 0. The van der Waals surface area contributed by atoms with Gasteiger partial charge in [0.05, 0.1) is 11.2 Å². The number of rotatable bonds is 4. The highest BCUT2D eigenvalue weighted by molar-refractivity contribution is 5.87. The molecule has 0 radical (unpaired) electrons. The number of fused-ring (bicyclic) bond motifs is 4. The SMILES string of the molecule is C=C1/C=C\C=C/N(c2ccc(OC3=CC=C(n4c5c(c6ccccc64)=CCCC=5)CC3)cc2)c2ccccc21. The molecule has 3 heteroatoms. The lowest BCUT2D eigenvalue weighted by Gasteiger charge is -2.25. The van der Waals surface area contributed by atoms with Gasteiger partial charge in [0.2, 0.25) is 0 Å². The first-order chi connectivity index (χ1) is 19.3. The summed E-state index contributed by atoms with van der Waals surface area (Å²) in [6, 6.07) is 25.4. The summed E-state index contributed by atoms with van der Waals surface area (Å²) < 4.78 is 8.77. The third-order valence-corrected chi connectivity index (χ3v) is 7.70. The molecule has 2 aliphatic carbocycles. The Morgan fingerprint density at radius 3 is 2.46 bits per heavy atom. The van der Waals surface area contributed by atoms with E-state index in [2.05, 4.69) is 119 Å². The Morgan fingerprint density at radius 2 is 1.59 bits per heavy atom. The Morgan fingerprint density at radius 1 is 0.769 bits per heavy atom. The van der Waals surface area contributed by atoms with Gasteiger partial charge < -0.3 is 14.2 Å². The minimum atomic E-state index is 0.849. The van der Waals surface area contributed by atoms with E-state index in [4.69, 9.17) is 4.74 Å². The van der Waals surface area contributed by atoms with E-state index in [1.165, 1.54) is 27.2 Å². The second kappa shape index (κ2) is 9.85. The predicted molar refractivity (Wildman–Crippen MR) is 164 cm³/mol. The Bertz CT molecular complexity index is 1840. The molecule has 39 heavy (non-hydrogen) atoms. The molecule has 4 aromatic rings. The van der Waals surface area contributed by atoms with Crippen LogP contribution in [0.5, 0.6) is 5.75 Å². The average molecular weight is 507 g/mol. The van der Waals surface area contributed by atoms with E-state index in [-0.39, 0.29) is 0 Å². The maximum atomic E-state index is 6.33. The maximum Gasteiger partial charge on any atom is 0.127 e. The van der Waals surface area contributed by atoms with Crippen LogP contribution in [0.25, 0.3) is 34.3 Å². The van der Waals surface area contributed by atoms with Gasteiger partial charge in [-0.15, -0.1) is 0 Å². The van der Waals surface area contributed by atoms with E-state index in [1.807, 2.05) is 18.2 Å². The molecule has 0 bridgehead atoms. The lowest BCUT2D eigenvalue weighted by atomic mass is 10.0. The molecule has 7 rings (SSSR count). The molecule has 1 aromatic heterocycles. The monoisotopic (exact) mass is 506 g/mol. The van der Waals surface area contributed by atoms with Crippen LogP contribution in [0, 0.1) is 0 Å². The molecule has 0 N–H and O–H groups in total. The van der Waals surface area contributed by atoms with Crippen LogP contribution in [0.4, 0.5) is 11.4 Å². The normalized spacial score (nSPS) is 17.9. The van der Waals surface area contributed by atoms with Crippen LogP contribution >= 0.6 is 0 Å². The van der Waals surface area contributed by atoms with Crippen LogP contribution in [-0.4, -0.2) is 4.57 Å². The van der Waals surface area contributed by atoms with Gasteiger partial charge in [0, 0.05) is 45.5 Å². The van der Waals surface area contributed by atoms with Gasteiger partial charge in [-0.1, -0.05) is 67.3 Å². The minimum Gasteiger partial charge on any atom is -0.462 e. The quantitative estimate of drug-likeness (QED) is 0.281. The van der Waals surface area contributed by atoms with Crippen molar-refractivity contribution in [2.45, 2.75) is 25.7 Å². The summed E-state index contributed by atoms with van der Waals surface area (Å²) in [6.07, 6.45) is 21.4. The lowest BCUT2D eigenvalue weighted by Crippen LogP contribution is -2.30. The number of aromatic nitrogens is 1. The fraction of sp³-hybridized carbons (Fsp3) is 0.111. The molecule has 1 aliphatic heterocycles. The molecule has 0 saturated heterocycles. The zero-order valence-electron chi connectivity index (χ0n) is 21.9. The van der Waals surface area contributed by atoms with Crippen molar-refractivity contribution in [2.24, 2.45) is 0 Å². The summed E-state index contributed by atoms with van der Waals surface area (Å²) in [6.45, 7) is 4.24. The van der Waals surface area contributed by atoms with Crippen molar-refractivity contribution in [2.75, 3.05) is 4.90 Å². The van der Waals surface area contributed by atoms with E-state index in [0.717, 1.165) is 59.7 Å². The van der Waals surface area contributed by atoms with Crippen molar-refractivity contribution in [1.82, 2.24) is 4.57 Å². The number of allylic oxidation sites excluding steroid dienone is 8. The number of ether oxygens (including phenoxy) is 1. The molecule has 2 heterocycles. The average Bonchev–Trinajstić information content (AvgIpc) is 3.32. The topological polar surface area (TPSA) is 17.4 Å². The van der Waals surface area contributed by atoms with Crippen molar-refractivity contribution >= 4 is 45.7 Å². The number of hydrogen-bond donors (Lipinski definition) is 0. The van der Waals surface area contributed by atoms with Crippen LogP contribution in [0.15, 0.2) is 122 Å². The molecular formula is C36H30N2O. The van der Waals surface area contributed by atoms with Crippen molar-refractivity contribution in [3.63, 3.8) is 0 Å². The summed E-state index contributed by atoms with van der Waals surface area (Å²) in [4.78, 5) is 2.19. The Kier molecular flexibility index (Phi) is 5.90. The first-order valence-corrected chi connectivity index (χ1v) is 13.7. The first kappa shape index (κ1) is 23.4. The summed E-state index contributed by atoms with van der Waals surface area (Å²) in [5.74, 6) is 1.84. The van der Waals surface area contributed by atoms with Gasteiger partial charge in [-0.05, 0) is 79.5 Å². The molecule has 3 aromatic carbocycles. The van der Waals surface area contributed by atoms with Gasteiger partial charge in [0.25, 0.3) is 0 Å². The van der Waals surface area contributed by atoms with Crippen molar-refractivity contribution < 1.29 is 4.74 Å². The smallest absolute Gasteiger partial charge is 0.127 e. The molecule has 0 spiro atoms. The van der Waals surface area contributed by atoms with Gasteiger partial charge >= 0.3 is 0 Å². The fourth-order valence-electron chi connectivity index (χ4n) is 5.82. The molecule has 190 valence electrons. The summed E-state index contributed by atoms with van der Waals surface area (Å²) in [5, 5.41) is 4.05. The van der Waals surface area contributed by atoms with Gasteiger partial charge in [-0.2, -0.15) is 0 Å². The maximum absolute atomic E-state index is 6.33. The standard InChI is InChI=1S/C36H30N2O/c1-26-10-8-9-25-37(34-14-5-2-11-31(26)34)27-17-21-29(22-18-27)39-30-23-19-28(20-24-30)38-35-15-6-3-12-32(35)33-13-4-7-16-36(33)38/h2-3,5-6,8-19,21-23,25H,1,4,7,20,24H2/b10-8-,25-9-. The minimum absolute atomic E-state index is 0.849. The first-order valence-electron chi connectivity index (χ1n) is 13.7. The molecule has 0 atom stereocenters. The van der Waals surface area contributed by atoms with Gasteiger partial charge in [0.1, 0.15) is 11.5 Å². The Balaban J connectivity index is 1.15. The van der Waals surface area contributed by atoms with Crippen LogP contribution in [0.2, 0.25) is 0 Å². The molecule has 0 unspecified atom stereocenters. The zero-order chi connectivity index (χ0) is 26.2. The fourth-order valence-corrected chi connectivity index (χ4v) is 5.82. The number of anilines is 2. The second-order valence-electron chi connectivity index (χ2n) is 10.1. The van der Waals surface area contributed by atoms with E-state index >= 15 is 0 Å².